The summed E-state index contributed by atoms with van der Waals surface area (Å²) in [5.41, 5.74) is 0.662. The number of aryl methyl sites for hydroxylation is 1. The molecular weight excluding hydrogens is 321 g/mol. The van der Waals surface area contributed by atoms with Gasteiger partial charge in [0.2, 0.25) is 0 Å². The van der Waals surface area contributed by atoms with Gasteiger partial charge < -0.3 is 5.32 Å². The molecule has 0 aliphatic rings. The second-order valence-electron chi connectivity index (χ2n) is 4.91. The van der Waals surface area contributed by atoms with Gasteiger partial charge in [-0.1, -0.05) is 11.6 Å². The molecule has 0 fully saturated rings. The van der Waals surface area contributed by atoms with E-state index in [2.05, 4.69) is 10.3 Å². The Morgan fingerprint density at radius 1 is 1.22 bits per heavy atom. The molecule has 3 rings (SSSR count). The van der Waals surface area contributed by atoms with E-state index in [0.29, 0.717) is 16.4 Å². The molecule has 1 aromatic carbocycles. The van der Waals surface area contributed by atoms with Gasteiger partial charge in [0.25, 0.3) is 11.5 Å². The Labute approximate surface area is 135 Å². The molecule has 0 unspecified atom stereocenters. The summed E-state index contributed by atoms with van der Waals surface area (Å²) in [7, 11) is 0. The van der Waals surface area contributed by atoms with Crippen molar-refractivity contribution >= 4 is 28.8 Å². The Morgan fingerprint density at radius 2 is 1.91 bits per heavy atom. The number of benzene rings is 1. The van der Waals surface area contributed by atoms with Crippen LogP contribution in [-0.4, -0.2) is 15.3 Å². The van der Waals surface area contributed by atoms with Crippen LogP contribution in [0.2, 0.25) is 5.02 Å². The summed E-state index contributed by atoms with van der Waals surface area (Å²) in [6.07, 6.45) is 1.43. The quantitative estimate of drug-likeness (QED) is 0.785. The van der Waals surface area contributed by atoms with Crippen LogP contribution >= 0.6 is 11.6 Å². The number of aromatic nitrogens is 2. The third-order valence-corrected chi connectivity index (χ3v) is 3.54. The first kappa shape index (κ1) is 15.2. The summed E-state index contributed by atoms with van der Waals surface area (Å²) < 4.78 is 14.2. The predicted molar refractivity (Wildman–Crippen MR) is 85.6 cm³/mol. The zero-order valence-corrected chi connectivity index (χ0v) is 12.8. The van der Waals surface area contributed by atoms with Crippen LogP contribution in [0.15, 0.2) is 47.4 Å². The van der Waals surface area contributed by atoms with E-state index in [9.17, 15) is 14.0 Å². The Morgan fingerprint density at radius 3 is 2.61 bits per heavy atom. The Balaban J connectivity index is 2.04. The smallest absolute Gasteiger partial charge is 0.281 e. The average molecular weight is 332 g/mol. The molecule has 1 amide bonds. The lowest BCUT2D eigenvalue weighted by atomic mass is 10.2. The summed E-state index contributed by atoms with van der Waals surface area (Å²) >= 11 is 5.89. The molecule has 0 bridgehead atoms. The van der Waals surface area contributed by atoms with Gasteiger partial charge in [0.15, 0.2) is 0 Å². The maximum absolute atomic E-state index is 12.9. The van der Waals surface area contributed by atoms with Crippen molar-refractivity contribution in [2.24, 2.45) is 0 Å². The van der Waals surface area contributed by atoms with Crippen LogP contribution in [0, 0.1) is 12.7 Å². The summed E-state index contributed by atoms with van der Waals surface area (Å²) in [4.78, 5) is 29.0. The summed E-state index contributed by atoms with van der Waals surface area (Å²) in [6.45, 7) is 1.62. The van der Waals surface area contributed by atoms with Crippen LogP contribution in [-0.2, 0) is 0 Å². The van der Waals surface area contributed by atoms with E-state index in [1.54, 1.807) is 19.1 Å². The molecule has 0 saturated carbocycles. The van der Waals surface area contributed by atoms with Crippen LogP contribution in [0.4, 0.5) is 10.1 Å². The number of amides is 1. The van der Waals surface area contributed by atoms with Gasteiger partial charge in [0, 0.05) is 11.8 Å². The fourth-order valence-electron chi connectivity index (χ4n) is 2.15. The molecular formula is C16H11ClFN3O2. The molecule has 0 spiro atoms. The number of pyridine rings is 1. The van der Waals surface area contributed by atoms with Crippen molar-refractivity contribution in [3.8, 4) is 0 Å². The van der Waals surface area contributed by atoms with Gasteiger partial charge in [-0.25, -0.2) is 9.37 Å². The van der Waals surface area contributed by atoms with E-state index >= 15 is 0 Å². The molecule has 116 valence electrons. The number of nitrogens with one attached hydrogen (secondary N) is 1. The van der Waals surface area contributed by atoms with E-state index in [1.165, 1.54) is 34.9 Å². The van der Waals surface area contributed by atoms with Gasteiger partial charge in [-0.2, -0.15) is 0 Å². The largest absolute Gasteiger partial charge is 0.316 e. The number of hydrogen-bond acceptors (Lipinski definition) is 3. The standard InChI is InChI=1S/C16H11ClFN3O2/c1-9-14(20-15(22)10-2-5-12(18)6-3-10)16(23)21-8-11(17)4-7-13(21)19-9/h2-8H,1H3,(H,20,22). The summed E-state index contributed by atoms with van der Waals surface area (Å²) in [5.74, 6) is -0.964. The topological polar surface area (TPSA) is 63.5 Å². The molecule has 0 saturated heterocycles. The first-order valence-electron chi connectivity index (χ1n) is 6.71. The lowest BCUT2D eigenvalue weighted by molar-refractivity contribution is 0.102. The second-order valence-corrected chi connectivity index (χ2v) is 5.35. The third kappa shape index (κ3) is 2.93. The minimum atomic E-state index is -0.519. The molecule has 0 aliphatic heterocycles. The molecule has 23 heavy (non-hydrogen) atoms. The minimum absolute atomic E-state index is 0.0547. The zero-order valence-electron chi connectivity index (χ0n) is 12.0. The number of rotatable bonds is 2. The first-order chi connectivity index (χ1) is 11.0. The molecule has 1 N–H and O–H groups in total. The monoisotopic (exact) mass is 331 g/mol. The predicted octanol–water partition coefficient (Wildman–Crippen LogP) is 3.05. The molecule has 3 aromatic rings. The average Bonchev–Trinajstić information content (AvgIpc) is 2.53. The number of carbonyl (C=O) groups is 1. The Kier molecular flexibility index (Phi) is 3.83. The molecule has 0 radical (unpaired) electrons. The van der Waals surface area contributed by atoms with Crippen molar-refractivity contribution < 1.29 is 9.18 Å². The van der Waals surface area contributed by atoms with Gasteiger partial charge in [0.1, 0.15) is 17.2 Å². The van der Waals surface area contributed by atoms with Gasteiger partial charge in [-0.3, -0.25) is 14.0 Å². The van der Waals surface area contributed by atoms with Crippen molar-refractivity contribution in [3.63, 3.8) is 0 Å². The molecule has 7 heteroatoms. The van der Waals surface area contributed by atoms with E-state index < -0.39 is 17.3 Å². The third-order valence-electron chi connectivity index (χ3n) is 3.31. The maximum Gasteiger partial charge on any atom is 0.281 e. The van der Waals surface area contributed by atoms with Gasteiger partial charge >= 0.3 is 0 Å². The highest BCUT2D eigenvalue weighted by Gasteiger charge is 2.14. The summed E-state index contributed by atoms with van der Waals surface area (Å²) in [6, 6.07) is 8.26. The van der Waals surface area contributed by atoms with Crippen LogP contribution in [0.3, 0.4) is 0 Å². The SMILES string of the molecule is Cc1nc2ccc(Cl)cn2c(=O)c1NC(=O)c1ccc(F)cc1. The molecule has 0 aliphatic carbocycles. The van der Waals surface area contributed by atoms with Crippen molar-refractivity contribution in [2.75, 3.05) is 5.32 Å². The Bertz CT molecular complexity index is 967. The molecule has 2 heterocycles. The van der Waals surface area contributed by atoms with Crippen molar-refractivity contribution in [3.05, 3.63) is 75.0 Å². The van der Waals surface area contributed by atoms with E-state index in [-0.39, 0.29) is 11.3 Å². The van der Waals surface area contributed by atoms with Gasteiger partial charge in [-0.15, -0.1) is 0 Å². The van der Waals surface area contributed by atoms with Crippen LogP contribution in [0.5, 0.6) is 0 Å². The fourth-order valence-corrected chi connectivity index (χ4v) is 2.32. The van der Waals surface area contributed by atoms with Crippen LogP contribution in [0.1, 0.15) is 16.1 Å². The number of halogens is 2. The Hall–Kier alpha value is -2.73. The lowest BCUT2D eigenvalue weighted by Gasteiger charge is -2.09. The molecule has 2 aromatic heterocycles. The maximum atomic E-state index is 12.9. The number of hydrogen-bond donors (Lipinski definition) is 1. The number of fused-ring (bicyclic) bond motifs is 1. The second kappa shape index (κ2) is 5.81. The van der Waals surface area contributed by atoms with E-state index in [4.69, 9.17) is 11.6 Å². The van der Waals surface area contributed by atoms with Gasteiger partial charge in [0.05, 0.1) is 10.7 Å². The van der Waals surface area contributed by atoms with Gasteiger partial charge in [-0.05, 0) is 43.3 Å². The van der Waals surface area contributed by atoms with Crippen molar-refractivity contribution in [1.29, 1.82) is 0 Å². The fraction of sp³-hybridized carbons (Fsp3) is 0.0625. The van der Waals surface area contributed by atoms with Crippen molar-refractivity contribution in [2.45, 2.75) is 6.92 Å². The molecule has 5 nitrogen and oxygen atoms in total. The number of nitrogens with zero attached hydrogens (tertiary/aromatic N) is 2. The zero-order chi connectivity index (χ0) is 16.6. The highest BCUT2D eigenvalue weighted by atomic mass is 35.5. The van der Waals surface area contributed by atoms with Crippen LogP contribution < -0.4 is 10.9 Å². The molecule has 0 atom stereocenters. The number of anilines is 1. The highest BCUT2D eigenvalue weighted by Crippen LogP contribution is 2.13. The van der Waals surface area contributed by atoms with Crippen LogP contribution in [0.25, 0.3) is 5.65 Å². The van der Waals surface area contributed by atoms with Crippen molar-refractivity contribution in [1.82, 2.24) is 9.38 Å². The first-order valence-corrected chi connectivity index (χ1v) is 7.09. The normalized spacial score (nSPS) is 10.7. The minimum Gasteiger partial charge on any atom is -0.316 e. The highest BCUT2D eigenvalue weighted by molar-refractivity contribution is 6.30. The van der Waals surface area contributed by atoms with E-state index in [0.717, 1.165) is 0 Å². The van der Waals surface area contributed by atoms with E-state index in [1.807, 2.05) is 0 Å². The lowest BCUT2D eigenvalue weighted by Crippen LogP contribution is -2.25. The number of carbonyl (C=O) groups excluding carboxylic acids is 1. The summed E-state index contributed by atoms with van der Waals surface area (Å²) in [5, 5.41) is 2.90.